The van der Waals surface area contributed by atoms with E-state index in [1.54, 1.807) is 4.68 Å². The molecule has 0 saturated carbocycles. The first kappa shape index (κ1) is 20.5. The first-order chi connectivity index (χ1) is 12.0. The van der Waals surface area contributed by atoms with Crippen LogP contribution in [0, 0.1) is 12.8 Å². The van der Waals surface area contributed by atoms with Gasteiger partial charge in [0.05, 0.1) is 12.1 Å². The Bertz CT molecular complexity index is 728. The zero-order valence-electron chi connectivity index (χ0n) is 16.0. The van der Waals surface area contributed by atoms with E-state index in [1.165, 1.54) is 11.1 Å². The van der Waals surface area contributed by atoms with Gasteiger partial charge in [0.25, 0.3) is 0 Å². The molecule has 3 rings (SSSR count). The number of carbonyl (C=O) groups excluding carboxylic acids is 1. The predicted molar refractivity (Wildman–Crippen MR) is 107 cm³/mol. The van der Waals surface area contributed by atoms with Crippen LogP contribution in [-0.2, 0) is 18.3 Å². The van der Waals surface area contributed by atoms with Gasteiger partial charge in [0, 0.05) is 45.3 Å². The number of aryl methyl sites for hydroxylation is 2. The van der Waals surface area contributed by atoms with Gasteiger partial charge < -0.3 is 10.2 Å². The van der Waals surface area contributed by atoms with Crippen molar-refractivity contribution in [3.63, 3.8) is 0 Å². The molecule has 1 unspecified atom stereocenters. The van der Waals surface area contributed by atoms with Crippen LogP contribution in [0.15, 0.2) is 36.7 Å². The van der Waals surface area contributed by atoms with Crippen LogP contribution in [0.1, 0.15) is 29.5 Å². The first-order valence-corrected chi connectivity index (χ1v) is 8.97. The molecule has 1 aliphatic rings. The van der Waals surface area contributed by atoms with Crippen LogP contribution < -0.4 is 5.32 Å². The predicted octanol–water partition coefficient (Wildman–Crippen LogP) is 2.54. The van der Waals surface area contributed by atoms with Crippen molar-refractivity contribution in [3.8, 4) is 0 Å². The summed E-state index contributed by atoms with van der Waals surface area (Å²) < 4.78 is 1.80. The second-order valence-corrected chi connectivity index (χ2v) is 7.31. The van der Waals surface area contributed by atoms with Gasteiger partial charge in [-0.25, -0.2) is 0 Å². The molecule has 2 aromatic rings. The van der Waals surface area contributed by atoms with Gasteiger partial charge in [-0.05, 0) is 31.4 Å². The summed E-state index contributed by atoms with van der Waals surface area (Å²) in [7, 11) is 3.85. The number of hydrogen-bond acceptors (Lipinski definition) is 3. The normalized spacial score (nSPS) is 20.5. The van der Waals surface area contributed by atoms with Gasteiger partial charge in [-0.2, -0.15) is 5.10 Å². The maximum atomic E-state index is 13.1. The lowest BCUT2D eigenvalue weighted by molar-refractivity contribution is -0.135. The fourth-order valence-electron chi connectivity index (χ4n) is 3.60. The maximum Gasteiger partial charge on any atom is 0.227 e. The van der Waals surface area contributed by atoms with Gasteiger partial charge in [0.2, 0.25) is 5.91 Å². The number of amides is 1. The Morgan fingerprint density at radius 2 is 2.04 bits per heavy atom. The molecule has 1 N–H and O–H groups in total. The van der Waals surface area contributed by atoms with Crippen molar-refractivity contribution >= 4 is 18.3 Å². The van der Waals surface area contributed by atoms with Crippen molar-refractivity contribution < 1.29 is 4.79 Å². The zero-order chi connectivity index (χ0) is 18.0. The van der Waals surface area contributed by atoms with E-state index in [1.807, 2.05) is 31.4 Å². The topological polar surface area (TPSA) is 50.2 Å². The largest absolute Gasteiger partial charge is 0.342 e. The van der Waals surface area contributed by atoms with E-state index in [-0.39, 0.29) is 36.2 Å². The van der Waals surface area contributed by atoms with Crippen molar-refractivity contribution in [1.82, 2.24) is 20.0 Å². The number of hydrogen-bond donors (Lipinski definition) is 1. The summed E-state index contributed by atoms with van der Waals surface area (Å²) in [5, 5.41) is 7.64. The summed E-state index contributed by atoms with van der Waals surface area (Å²) in [6.45, 7) is 5.79. The molecular formula is C20H29ClN4O. The van der Waals surface area contributed by atoms with E-state index in [9.17, 15) is 4.79 Å². The standard InChI is InChI=1S/C20H28N4O.ClH/c1-14-5-7-16(8-6-14)9-15(2)24(4)20(25)19-12-21-11-18(19)17-10-22-23(3)13-17;/h5-8,10,13,15,18-19,21H,9,11-12H2,1-4H3;1H/t15?,18-,19+;/m1./s1. The number of likely N-dealkylation sites (N-methyl/N-ethyl adjacent to an activating group) is 1. The summed E-state index contributed by atoms with van der Waals surface area (Å²) in [5.41, 5.74) is 3.67. The van der Waals surface area contributed by atoms with E-state index in [0.29, 0.717) is 0 Å². The van der Waals surface area contributed by atoms with E-state index in [2.05, 4.69) is 48.5 Å². The molecule has 0 radical (unpaired) electrons. The summed E-state index contributed by atoms with van der Waals surface area (Å²) in [5.74, 6) is 0.406. The molecule has 1 aromatic carbocycles. The molecule has 5 nitrogen and oxygen atoms in total. The highest BCUT2D eigenvalue weighted by atomic mass is 35.5. The number of halogens is 1. The lowest BCUT2D eigenvalue weighted by Gasteiger charge is -2.29. The molecule has 0 aliphatic carbocycles. The van der Waals surface area contributed by atoms with Gasteiger partial charge in [-0.15, -0.1) is 12.4 Å². The Kier molecular flexibility index (Phi) is 6.84. The number of carbonyl (C=O) groups is 1. The number of rotatable bonds is 5. The molecular weight excluding hydrogens is 348 g/mol. The highest BCUT2D eigenvalue weighted by molar-refractivity contribution is 5.85. The molecule has 142 valence electrons. The summed E-state index contributed by atoms with van der Waals surface area (Å²) in [4.78, 5) is 15.0. The molecule has 1 fully saturated rings. The monoisotopic (exact) mass is 376 g/mol. The third-order valence-corrected chi connectivity index (χ3v) is 5.34. The Labute approximate surface area is 162 Å². The minimum Gasteiger partial charge on any atom is -0.342 e. The van der Waals surface area contributed by atoms with Crippen molar-refractivity contribution in [3.05, 3.63) is 53.3 Å². The molecule has 26 heavy (non-hydrogen) atoms. The zero-order valence-corrected chi connectivity index (χ0v) is 16.8. The second kappa shape index (κ2) is 8.69. The first-order valence-electron chi connectivity index (χ1n) is 8.97. The molecule has 3 atom stereocenters. The van der Waals surface area contributed by atoms with Crippen LogP contribution in [0.4, 0.5) is 0 Å². The summed E-state index contributed by atoms with van der Waals surface area (Å²) in [6, 6.07) is 8.73. The second-order valence-electron chi connectivity index (χ2n) is 7.31. The highest BCUT2D eigenvalue weighted by Gasteiger charge is 2.37. The van der Waals surface area contributed by atoms with Gasteiger partial charge in [0.15, 0.2) is 0 Å². The van der Waals surface area contributed by atoms with E-state index in [0.717, 1.165) is 25.1 Å². The van der Waals surface area contributed by atoms with Crippen LogP contribution in [0.5, 0.6) is 0 Å². The third kappa shape index (κ3) is 4.46. The molecule has 0 spiro atoms. The third-order valence-electron chi connectivity index (χ3n) is 5.34. The maximum absolute atomic E-state index is 13.1. The molecule has 0 bridgehead atoms. The molecule has 1 amide bonds. The van der Waals surface area contributed by atoms with E-state index < -0.39 is 0 Å². The van der Waals surface area contributed by atoms with Crippen LogP contribution in [-0.4, -0.2) is 46.8 Å². The van der Waals surface area contributed by atoms with Crippen molar-refractivity contribution in [2.24, 2.45) is 13.0 Å². The molecule has 1 aliphatic heterocycles. The van der Waals surface area contributed by atoms with Crippen LogP contribution >= 0.6 is 12.4 Å². The number of nitrogens with zero attached hydrogens (tertiary/aromatic N) is 3. The van der Waals surface area contributed by atoms with Crippen molar-refractivity contribution in [2.45, 2.75) is 32.2 Å². The Balaban J connectivity index is 0.00000243. The Morgan fingerprint density at radius 3 is 2.65 bits per heavy atom. The van der Waals surface area contributed by atoms with Crippen molar-refractivity contribution in [1.29, 1.82) is 0 Å². The molecule has 1 saturated heterocycles. The smallest absolute Gasteiger partial charge is 0.227 e. The fourth-order valence-corrected chi connectivity index (χ4v) is 3.60. The minimum atomic E-state index is -0.0188. The lowest BCUT2D eigenvalue weighted by Crippen LogP contribution is -2.42. The van der Waals surface area contributed by atoms with Crippen LogP contribution in [0.2, 0.25) is 0 Å². The minimum absolute atomic E-state index is 0. The SMILES string of the molecule is Cc1ccc(CC(C)N(C)C(=O)[C@H]2CNC[C@@H]2c2cnn(C)c2)cc1.Cl. The van der Waals surface area contributed by atoms with E-state index in [4.69, 9.17) is 0 Å². The molecule has 6 heteroatoms. The van der Waals surface area contributed by atoms with Gasteiger partial charge in [-0.3, -0.25) is 9.48 Å². The number of aromatic nitrogens is 2. The highest BCUT2D eigenvalue weighted by Crippen LogP contribution is 2.29. The Morgan fingerprint density at radius 1 is 1.35 bits per heavy atom. The lowest BCUT2D eigenvalue weighted by atomic mass is 9.89. The number of benzene rings is 1. The van der Waals surface area contributed by atoms with Crippen LogP contribution in [0.3, 0.4) is 0 Å². The number of nitrogens with one attached hydrogen (secondary N) is 1. The van der Waals surface area contributed by atoms with Crippen molar-refractivity contribution in [2.75, 3.05) is 20.1 Å². The van der Waals surface area contributed by atoms with E-state index >= 15 is 0 Å². The quantitative estimate of drug-likeness (QED) is 0.872. The average Bonchev–Trinajstić information content (AvgIpc) is 3.24. The fraction of sp³-hybridized carbons (Fsp3) is 0.500. The molecule has 2 heterocycles. The average molecular weight is 377 g/mol. The summed E-state index contributed by atoms with van der Waals surface area (Å²) >= 11 is 0. The van der Waals surface area contributed by atoms with Gasteiger partial charge >= 0.3 is 0 Å². The summed E-state index contributed by atoms with van der Waals surface area (Å²) in [6.07, 6.45) is 4.78. The molecule has 1 aromatic heterocycles. The van der Waals surface area contributed by atoms with Gasteiger partial charge in [-0.1, -0.05) is 29.8 Å². The Hall–Kier alpha value is -1.85. The van der Waals surface area contributed by atoms with Gasteiger partial charge in [0.1, 0.15) is 0 Å². The van der Waals surface area contributed by atoms with Crippen LogP contribution in [0.25, 0.3) is 0 Å².